The van der Waals surface area contributed by atoms with Gasteiger partial charge >= 0.3 is 5.97 Å². The second-order valence-corrected chi connectivity index (χ2v) is 13.3. The van der Waals surface area contributed by atoms with E-state index in [1.54, 1.807) is 0 Å². The number of para-hydroxylation sites is 1. The Bertz CT molecular complexity index is 1580. The zero-order chi connectivity index (χ0) is 34.4. The highest BCUT2D eigenvalue weighted by molar-refractivity contribution is 5.93. The first-order valence-electron chi connectivity index (χ1n) is 17.2. The molecule has 4 atom stereocenters. The Morgan fingerprint density at radius 1 is 0.918 bits per heavy atom. The highest BCUT2D eigenvalue weighted by Crippen LogP contribution is 2.43. The lowest BCUT2D eigenvalue weighted by Crippen LogP contribution is -2.57. The highest BCUT2D eigenvalue weighted by atomic mass is 16.7. The zero-order valence-corrected chi connectivity index (χ0v) is 27.9. The van der Waals surface area contributed by atoms with Crippen LogP contribution in [-0.2, 0) is 37.0 Å². The third kappa shape index (κ3) is 7.96. The summed E-state index contributed by atoms with van der Waals surface area (Å²) in [6.45, 7) is 5.21. The minimum atomic E-state index is -0.908. The van der Waals surface area contributed by atoms with Gasteiger partial charge in [-0.25, -0.2) is 0 Å². The lowest BCUT2D eigenvalue weighted by molar-refractivity contribution is -0.276. The number of nitrogens with one attached hydrogen (secondary N) is 2. The summed E-state index contributed by atoms with van der Waals surface area (Å²) in [5.74, 6) is -0.965. The van der Waals surface area contributed by atoms with Crippen molar-refractivity contribution in [3.8, 4) is 0 Å². The molecule has 0 saturated carbocycles. The molecule has 1 spiro atoms. The number of piperidine rings is 1. The number of aliphatic hydroxyl groups is 1. The van der Waals surface area contributed by atoms with Gasteiger partial charge in [0.1, 0.15) is 5.54 Å². The standard InChI is InChI=1S/C38H46N4O7/c1-26-32(23-41-20-18-38(19-21-41)37(47)40-25-42(38)31-6-3-2-4-7-31)48-36(49-35(26)29-14-12-28(24-43)13-15-29)30-16-10-27(11-17-30)22-39-33(44)8-5-9-34(45)46/h2-4,6-7,10-17,26,32,35-36,43H,5,8-9,18-25H2,1H3,(H,39,44)(H,40,47)(H,45,46)/t26-,32+,35+,36+/m0/s1. The van der Waals surface area contributed by atoms with E-state index in [-0.39, 0.29) is 49.4 Å². The van der Waals surface area contributed by atoms with E-state index < -0.39 is 17.8 Å². The fourth-order valence-corrected chi connectivity index (χ4v) is 7.20. The van der Waals surface area contributed by atoms with Crippen LogP contribution in [0.15, 0.2) is 78.9 Å². The van der Waals surface area contributed by atoms with Gasteiger partial charge in [0.15, 0.2) is 6.29 Å². The highest BCUT2D eigenvalue weighted by Gasteiger charge is 2.51. The second-order valence-electron chi connectivity index (χ2n) is 13.3. The number of amides is 2. The molecule has 260 valence electrons. The molecule has 3 saturated heterocycles. The van der Waals surface area contributed by atoms with E-state index >= 15 is 0 Å². The number of hydrogen-bond acceptors (Lipinski definition) is 8. The van der Waals surface area contributed by atoms with Gasteiger partial charge in [-0.3, -0.25) is 14.4 Å². The van der Waals surface area contributed by atoms with E-state index in [1.807, 2.05) is 66.7 Å². The molecule has 2 amide bonds. The molecule has 3 aromatic carbocycles. The maximum Gasteiger partial charge on any atom is 0.303 e. The summed E-state index contributed by atoms with van der Waals surface area (Å²) in [5, 5.41) is 24.3. The van der Waals surface area contributed by atoms with E-state index in [0.717, 1.165) is 53.9 Å². The molecule has 49 heavy (non-hydrogen) atoms. The third-order valence-electron chi connectivity index (χ3n) is 10.2. The minimum absolute atomic E-state index is 0.0262. The van der Waals surface area contributed by atoms with E-state index in [0.29, 0.717) is 26.2 Å². The van der Waals surface area contributed by atoms with Crippen molar-refractivity contribution in [1.29, 1.82) is 0 Å². The molecule has 0 radical (unpaired) electrons. The number of nitrogens with zero attached hydrogens (tertiary/aromatic N) is 2. The first-order chi connectivity index (χ1) is 23.8. The summed E-state index contributed by atoms with van der Waals surface area (Å²) in [5.41, 5.74) is 4.13. The van der Waals surface area contributed by atoms with Crippen molar-refractivity contribution in [3.63, 3.8) is 0 Å². The number of carboxylic acid groups (broad SMARTS) is 1. The Morgan fingerprint density at radius 3 is 2.27 bits per heavy atom. The van der Waals surface area contributed by atoms with Crippen LogP contribution < -0.4 is 15.5 Å². The van der Waals surface area contributed by atoms with E-state index in [1.165, 1.54) is 0 Å². The molecule has 3 fully saturated rings. The van der Waals surface area contributed by atoms with Gasteiger partial charge in [0.25, 0.3) is 0 Å². The molecule has 4 N–H and O–H groups in total. The van der Waals surface area contributed by atoms with Crippen LogP contribution in [0.1, 0.15) is 73.7 Å². The molecule has 0 aliphatic carbocycles. The zero-order valence-electron chi connectivity index (χ0n) is 27.9. The fraction of sp³-hybridized carbons (Fsp3) is 0.447. The Morgan fingerprint density at radius 2 is 1.59 bits per heavy atom. The number of benzene rings is 3. The molecule has 6 rings (SSSR count). The predicted molar refractivity (Wildman–Crippen MR) is 183 cm³/mol. The van der Waals surface area contributed by atoms with Gasteiger partial charge in [0.05, 0.1) is 25.5 Å². The van der Waals surface area contributed by atoms with Crippen LogP contribution >= 0.6 is 0 Å². The summed E-state index contributed by atoms with van der Waals surface area (Å²) in [7, 11) is 0. The second kappa shape index (κ2) is 15.5. The number of likely N-dealkylation sites (tertiary alicyclic amines) is 1. The number of carboxylic acids is 1. The molecule has 0 aromatic heterocycles. The lowest BCUT2D eigenvalue weighted by Gasteiger charge is -2.46. The van der Waals surface area contributed by atoms with Crippen LogP contribution in [0.3, 0.4) is 0 Å². The molecule has 3 aliphatic rings. The largest absolute Gasteiger partial charge is 0.481 e. The van der Waals surface area contributed by atoms with Crippen molar-refractivity contribution in [2.24, 2.45) is 5.92 Å². The number of carbonyl (C=O) groups is 3. The number of aliphatic carboxylic acids is 1. The first kappa shape index (κ1) is 34.6. The van der Waals surface area contributed by atoms with Crippen LogP contribution in [0.2, 0.25) is 0 Å². The maximum atomic E-state index is 13.2. The third-order valence-corrected chi connectivity index (χ3v) is 10.2. The molecule has 3 aliphatic heterocycles. The van der Waals surface area contributed by atoms with Crippen LogP contribution in [0, 0.1) is 5.92 Å². The normalized spacial score (nSPS) is 23.7. The summed E-state index contributed by atoms with van der Waals surface area (Å²) in [6.07, 6.45) is 0.877. The molecule has 3 aromatic rings. The van der Waals surface area contributed by atoms with E-state index in [4.69, 9.17) is 14.6 Å². The number of rotatable bonds is 12. The minimum Gasteiger partial charge on any atom is -0.481 e. The Hall–Kier alpha value is -4.29. The van der Waals surface area contributed by atoms with Gasteiger partial charge in [-0.05, 0) is 48.1 Å². The van der Waals surface area contributed by atoms with Crippen LogP contribution in [0.25, 0.3) is 0 Å². The molecule has 3 heterocycles. The topological polar surface area (TPSA) is 141 Å². The first-order valence-corrected chi connectivity index (χ1v) is 17.2. The SMILES string of the molecule is C[C@H]1[C@@H](CN2CCC3(CC2)C(=O)NCN3c2ccccc2)O[C@@H](c2ccc(CNC(=O)CCCC(=O)O)cc2)O[C@H]1c1ccc(CO)cc1. The van der Waals surface area contributed by atoms with Crippen molar-refractivity contribution in [2.45, 2.75) is 76.2 Å². The van der Waals surface area contributed by atoms with Crippen LogP contribution in [-0.4, -0.2) is 70.8 Å². The number of aliphatic hydroxyl groups excluding tert-OH is 1. The monoisotopic (exact) mass is 670 g/mol. The van der Waals surface area contributed by atoms with Crippen LogP contribution in [0.4, 0.5) is 5.69 Å². The predicted octanol–water partition coefficient (Wildman–Crippen LogP) is 4.27. The van der Waals surface area contributed by atoms with Crippen LogP contribution in [0.5, 0.6) is 0 Å². The summed E-state index contributed by atoms with van der Waals surface area (Å²) < 4.78 is 13.3. The number of anilines is 1. The Labute approximate surface area is 287 Å². The maximum absolute atomic E-state index is 13.2. The quantitative estimate of drug-likeness (QED) is 0.222. The average Bonchev–Trinajstić information content (AvgIpc) is 3.44. The van der Waals surface area contributed by atoms with Gasteiger partial charge in [-0.2, -0.15) is 0 Å². The van der Waals surface area contributed by atoms with Crippen molar-refractivity contribution < 1.29 is 34.1 Å². The summed E-state index contributed by atoms with van der Waals surface area (Å²) >= 11 is 0. The van der Waals surface area contributed by atoms with Gasteiger partial charge in [-0.1, -0.05) is 73.7 Å². The van der Waals surface area contributed by atoms with E-state index in [2.05, 4.69) is 39.5 Å². The molecule has 0 bridgehead atoms. The molecule has 0 unspecified atom stereocenters. The van der Waals surface area contributed by atoms with Gasteiger partial charge in [-0.15, -0.1) is 0 Å². The average molecular weight is 671 g/mol. The van der Waals surface area contributed by atoms with Gasteiger partial charge < -0.3 is 40.1 Å². The van der Waals surface area contributed by atoms with Gasteiger partial charge in [0.2, 0.25) is 11.8 Å². The summed E-state index contributed by atoms with van der Waals surface area (Å²) in [6, 6.07) is 25.8. The molecule has 11 heteroatoms. The number of hydrogen-bond donors (Lipinski definition) is 4. The number of ether oxygens (including phenoxy) is 2. The lowest BCUT2D eigenvalue weighted by atomic mass is 9.84. The summed E-state index contributed by atoms with van der Waals surface area (Å²) in [4.78, 5) is 40.7. The fourth-order valence-electron chi connectivity index (χ4n) is 7.20. The number of carbonyl (C=O) groups excluding carboxylic acids is 2. The van der Waals surface area contributed by atoms with Gasteiger partial charge in [0, 0.05) is 56.2 Å². The molecular formula is C38H46N4O7. The van der Waals surface area contributed by atoms with Crippen molar-refractivity contribution in [1.82, 2.24) is 15.5 Å². The molecular weight excluding hydrogens is 624 g/mol. The van der Waals surface area contributed by atoms with E-state index in [9.17, 15) is 19.5 Å². The Kier molecular flexibility index (Phi) is 10.9. The van der Waals surface area contributed by atoms with Crippen molar-refractivity contribution in [2.75, 3.05) is 31.2 Å². The van der Waals surface area contributed by atoms with Crippen molar-refractivity contribution >= 4 is 23.5 Å². The molecule has 11 nitrogen and oxygen atoms in total. The smallest absolute Gasteiger partial charge is 0.303 e. The Balaban J connectivity index is 1.13. The van der Waals surface area contributed by atoms with Crippen molar-refractivity contribution in [3.05, 3.63) is 101 Å².